The van der Waals surface area contributed by atoms with Gasteiger partial charge in [0.05, 0.1) is 18.8 Å². The molecule has 1 rings (SSSR count). The maximum absolute atomic E-state index is 11.8. The molecule has 0 saturated heterocycles. The lowest BCUT2D eigenvalue weighted by Crippen LogP contribution is -2.52. The van der Waals surface area contributed by atoms with Crippen molar-refractivity contribution in [1.29, 1.82) is 0 Å². The SMILES string of the molecule is CC(CO)(CO)NC(=O)c1n[nH]c(C(C)(C)C)n1. The summed E-state index contributed by atoms with van der Waals surface area (Å²) in [4.78, 5) is 15.9. The molecule has 7 heteroatoms. The van der Waals surface area contributed by atoms with Crippen molar-refractivity contribution in [2.45, 2.75) is 38.6 Å². The summed E-state index contributed by atoms with van der Waals surface area (Å²) in [5.74, 6) is 0.0581. The zero-order valence-corrected chi connectivity index (χ0v) is 11.1. The number of carbonyl (C=O) groups excluding carboxylic acids is 1. The molecule has 0 fully saturated rings. The highest BCUT2D eigenvalue weighted by molar-refractivity contribution is 5.90. The van der Waals surface area contributed by atoms with Gasteiger partial charge in [-0.15, -0.1) is 5.10 Å². The Bertz CT molecular complexity index is 418. The fourth-order valence-corrected chi connectivity index (χ4v) is 1.16. The van der Waals surface area contributed by atoms with Crippen LogP contribution in [0.4, 0.5) is 0 Å². The number of aliphatic hydroxyl groups is 2. The third kappa shape index (κ3) is 3.27. The highest BCUT2D eigenvalue weighted by atomic mass is 16.3. The first-order valence-electron chi connectivity index (χ1n) is 5.69. The first kappa shape index (κ1) is 14.6. The van der Waals surface area contributed by atoms with Crippen LogP contribution in [0.2, 0.25) is 0 Å². The number of rotatable bonds is 4. The van der Waals surface area contributed by atoms with Crippen molar-refractivity contribution in [2.24, 2.45) is 0 Å². The van der Waals surface area contributed by atoms with Gasteiger partial charge in [-0.1, -0.05) is 20.8 Å². The monoisotopic (exact) mass is 256 g/mol. The van der Waals surface area contributed by atoms with E-state index in [2.05, 4.69) is 20.5 Å². The number of amides is 1. The molecule has 1 amide bonds. The Morgan fingerprint density at radius 1 is 1.28 bits per heavy atom. The van der Waals surface area contributed by atoms with E-state index in [9.17, 15) is 4.79 Å². The minimum Gasteiger partial charge on any atom is -0.394 e. The Kier molecular flexibility index (Phi) is 4.08. The Labute approximate surface area is 106 Å². The Hall–Kier alpha value is -1.47. The van der Waals surface area contributed by atoms with Crippen molar-refractivity contribution < 1.29 is 15.0 Å². The summed E-state index contributed by atoms with van der Waals surface area (Å²) in [7, 11) is 0. The molecule has 0 atom stereocenters. The molecule has 0 aromatic carbocycles. The zero-order chi connectivity index (χ0) is 14.0. The van der Waals surface area contributed by atoms with E-state index in [1.807, 2.05) is 20.8 Å². The van der Waals surface area contributed by atoms with E-state index < -0.39 is 11.4 Å². The number of hydrogen-bond acceptors (Lipinski definition) is 5. The topological polar surface area (TPSA) is 111 Å². The normalized spacial score (nSPS) is 12.6. The number of aromatic nitrogens is 3. The number of carbonyl (C=O) groups is 1. The van der Waals surface area contributed by atoms with E-state index in [1.165, 1.54) is 6.92 Å². The molecule has 1 heterocycles. The van der Waals surface area contributed by atoms with Gasteiger partial charge in [0.1, 0.15) is 5.82 Å². The minimum atomic E-state index is -1.08. The van der Waals surface area contributed by atoms with Crippen molar-refractivity contribution in [3.8, 4) is 0 Å². The second-order valence-electron chi connectivity index (χ2n) is 5.59. The van der Waals surface area contributed by atoms with E-state index in [0.29, 0.717) is 5.82 Å². The number of nitrogens with one attached hydrogen (secondary N) is 2. The van der Waals surface area contributed by atoms with E-state index in [0.717, 1.165) is 0 Å². The summed E-state index contributed by atoms with van der Waals surface area (Å²) in [6.45, 7) is 6.63. The van der Waals surface area contributed by atoms with Gasteiger partial charge < -0.3 is 15.5 Å². The maximum atomic E-state index is 11.8. The van der Waals surface area contributed by atoms with Crippen LogP contribution in [0.5, 0.6) is 0 Å². The summed E-state index contributed by atoms with van der Waals surface area (Å²) < 4.78 is 0. The molecule has 1 aromatic heterocycles. The van der Waals surface area contributed by atoms with Gasteiger partial charge in [-0.25, -0.2) is 4.98 Å². The number of aliphatic hydroxyl groups excluding tert-OH is 2. The molecule has 0 unspecified atom stereocenters. The third-order valence-corrected chi connectivity index (χ3v) is 2.51. The summed E-state index contributed by atoms with van der Waals surface area (Å²) in [5, 5.41) is 27.2. The molecule has 18 heavy (non-hydrogen) atoms. The van der Waals surface area contributed by atoms with Gasteiger partial charge >= 0.3 is 0 Å². The molecule has 0 radical (unpaired) electrons. The van der Waals surface area contributed by atoms with Gasteiger partial charge in [-0.3, -0.25) is 9.89 Å². The van der Waals surface area contributed by atoms with Gasteiger partial charge in [0.15, 0.2) is 0 Å². The summed E-state index contributed by atoms with van der Waals surface area (Å²) in [6.07, 6.45) is 0. The average Bonchev–Trinajstić information content (AvgIpc) is 2.77. The largest absolute Gasteiger partial charge is 0.394 e. The molecule has 0 aliphatic rings. The second-order valence-corrected chi connectivity index (χ2v) is 5.59. The third-order valence-electron chi connectivity index (χ3n) is 2.51. The molecular weight excluding hydrogens is 236 g/mol. The van der Waals surface area contributed by atoms with E-state index in [-0.39, 0.29) is 24.5 Å². The highest BCUT2D eigenvalue weighted by Crippen LogP contribution is 2.17. The molecular formula is C11H20N4O3. The summed E-state index contributed by atoms with van der Waals surface area (Å²) in [5.41, 5.74) is -1.32. The molecule has 1 aromatic rings. The zero-order valence-electron chi connectivity index (χ0n) is 11.1. The Morgan fingerprint density at radius 2 is 1.83 bits per heavy atom. The standard InChI is InChI=1S/C11H20N4O3/c1-10(2,3)9-12-7(14-15-9)8(18)13-11(4,5-16)6-17/h16-17H,5-6H2,1-4H3,(H,13,18)(H,12,14,15). The van der Waals surface area contributed by atoms with Crippen molar-refractivity contribution in [3.63, 3.8) is 0 Å². The fourth-order valence-electron chi connectivity index (χ4n) is 1.16. The van der Waals surface area contributed by atoms with Gasteiger partial charge in [0.25, 0.3) is 5.91 Å². The molecule has 4 N–H and O–H groups in total. The van der Waals surface area contributed by atoms with Crippen molar-refractivity contribution in [1.82, 2.24) is 20.5 Å². The molecule has 0 spiro atoms. The van der Waals surface area contributed by atoms with E-state index in [1.54, 1.807) is 0 Å². The first-order chi connectivity index (χ1) is 8.22. The van der Waals surface area contributed by atoms with Gasteiger partial charge in [0, 0.05) is 5.41 Å². The van der Waals surface area contributed by atoms with Crippen LogP contribution in [-0.2, 0) is 5.41 Å². The summed E-state index contributed by atoms with van der Waals surface area (Å²) >= 11 is 0. The summed E-state index contributed by atoms with van der Waals surface area (Å²) in [6, 6.07) is 0. The predicted molar refractivity (Wildman–Crippen MR) is 65.1 cm³/mol. The van der Waals surface area contributed by atoms with Crippen LogP contribution in [0.15, 0.2) is 0 Å². The minimum absolute atomic E-state index is 0.00644. The Balaban J connectivity index is 2.83. The quantitative estimate of drug-likeness (QED) is 0.584. The Morgan fingerprint density at radius 3 is 2.22 bits per heavy atom. The van der Waals surface area contributed by atoms with Gasteiger partial charge in [-0.2, -0.15) is 0 Å². The smallest absolute Gasteiger partial charge is 0.291 e. The fraction of sp³-hybridized carbons (Fsp3) is 0.727. The van der Waals surface area contributed by atoms with Crippen LogP contribution < -0.4 is 5.32 Å². The van der Waals surface area contributed by atoms with Gasteiger partial charge in [0.2, 0.25) is 5.82 Å². The second kappa shape index (κ2) is 5.03. The predicted octanol–water partition coefficient (Wildman–Crippen LogP) is -0.425. The lowest BCUT2D eigenvalue weighted by Gasteiger charge is -2.25. The van der Waals surface area contributed by atoms with Crippen LogP contribution in [0, 0.1) is 0 Å². The van der Waals surface area contributed by atoms with Crippen molar-refractivity contribution in [2.75, 3.05) is 13.2 Å². The van der Waals surface area contributed by atoms with Crippen LogP contribution in [0.1, 0.15) is 44.1 Å². The van der Waals surface area contributed by atoms with Crippen molar-refractivity contribution >= 4 is 5.91 Å². The number of H-pyrrole nitrogens is 1. The van der Waals surface area contributed by atoms with Gasteiger partial charge in [-0.05, 0) is 6.92 Å². The van der Waals surface area contributed by atoms with E-state index >= 15 is 0 Å². The molecule has 0 aliphatic heterocycles. The average molecular weight is 256 g/mol. The number of nitrogens with zero attached hydrogens (tertiary/aromatic N) is 2. The molecule has 0 saturated carbocycles. The molecule has 102 valence electrons. The number of aromatic amines is 1. The van der Waals surface area contributed by atoms with E-state index in [4.69, 9.17) is 10.2 Å². The highest BCUT2D eigenvalue weighted by Gasteiger charge is 2.28. The lowest BCUT2D eigenvalue weighted by atomic mass is 9.96. The molecule has 7 nitrogen and oxygen atoms in total. The first-order valence-corrected chi connectivity index (χ1v) is 5.69. The van der Waals surface area contributed by atoms with Crippen molar-refractivity contribution in [3.05, 3.63) is 11.6 Å². The lowest BCUT2D eigenvalue weighted by molar-refractivity contribution is 0.0715. The molecule has 0 bridgehead atoms. The van der Waals surface area contributed by atoms with Crippen LogP contribution in [-0.4, -0.2) is 50.1 Å². The maximum Gasteiger partial charge on any atom is 0.291 e. The van der Waals surface area contributed by atoms with Crippen LogP contribution >= 0.6 is 0 Å². The number of hydrogen-bond donors (Lipinski definition) is 4. The van der Waals surface area contributed by atoms with Crippen LogP contribution in [0.25, 0.3) is 0 Å². The molecule has 0 aliphatic carbocycles. The van der Waals surface area contributed by atoms with Crippen LogP contribution in [0.3, 0.4) is 0 Å².